The minimum atomic E-state index is 0.709. The van der Waals surface area contributed by atoms with E-state index in [2.05, 4.69) is 45.5 Å². The minimum absolute atomic E-state index is 0.709. The van der Waals surface area contributed by atoms with E-state index in [4.69, 9.17) is 14.7 Å². The molecule has 1 heterocycles. The van der Waals surface area contributed by atoms with E-state index in [0.29, 0.717) is 5.82 Å². The van der Waals surface area contributed by atoms with Gasteiger partial charge in [-0.1, -0.05) is 64.1 Å². The van der Waals surface area contributed by atoms with Gasteiger partial charge in [-0.15, -0.1) is 0 Å². The lowest BCUT2D eigenvalue weighted by Crippen LogP contribution is -1.99. The van der Waals surface area contributed by atoms with Gasteiger partial charge in [-0.05, 0) is 59.3 Å². The Bertz CT molecular complexity index is 1390. The molecule has 0 aliphatic carbocycles. The number of aromatic nitrogens is 2. The zero-order valence-electron chi connectivity index (χ0n) is 16.7. The van der Waals surface area contributed by atoms with Gasteiger partial charge in [0.05, 0.1) is 23.0 Å². The van der Waals surface area contributed by atoms with Crippen LogP contribution >= 0.6 is 27.7 Å². The maximum Gasteiger partial charge on any atom is 0.164 e. The van der Waals surface area contributed by atoms with Gasteiger partial charge in [0.15, 0.2) is 5.82 Å². The molecule has 152 valence electrons. The fourth-order valence-corrected chi connectivity index (χ4v) is 4.56. The third-order valence-electron chi connectivity index (χ3n) is 4.88. The van der Waals surface area contributed by atoms with E-state index in [0.717, 1.165) is 47.6 Å². The number of nitrogens with one attached hydrogen (secondary N) is 1. The molecular weight excluding hydrogens is 470 g/mol. The van der Waals surface area contributed by atoms with Crippen molar-refractivity contribution in [2.24, 2.45) is 0 Å². The van der Waals surface area contributed by atoms with Crippen LogP contribution in [0.3, 0.4) is 0 Å². The van der Waals surface area contributed by atoms with E-state index < -0.39 is 0 Å². The zero-order valence-corrected chi connectivity index (χ0v) is 19.1. The lowest BCUT2D eigenvalue weighted by Gasteiger charge is -2.13. The average Bonchev–Trinajstić information content (AvgIpc) is 2.80. The molecule has 0 aliphatic rings. The molecule has 31 heavy (non-hydrogen) atoms. The number of rotatable bonds is 5. The second-order valence-electron chi connectivity index (χ2n) is 6.95. The summed E-state index contributed by atoms with van der Waals surface area (Å²) in [5.74, 6) is 1.52. The second kappa shape index (κ2) is 8.57. The molecule has 0 radical (unpaired) electrons. The molecule has 0 fully saturated rings. The predicted octanol–water partition coefficient (Wildman–Crippen LogP) is 7.45. The van der Waals surface area contributed by atoms with Gasteiger partial charge >= 0.3 is 0 Å². The molecule has 0 saturated carbocycles. The highest BCUT2D eigenvalue weighted by Gasteiger charge is 2.14. The minimum Gasteiger partial charge on any atom is -0.496 e. The van der Waals surface area contributed by atoms with Gasteiger partial charge in [-0.2, -0.15) is 0 Å². The first-order valence-corrected chi connectivity index (χ1v) is 11.3. The van der Waals surface area contributed by atoms with Gasteiger partial charge in [0.1, 0.15) is 10.8 Å². The second-order valence-corrected chi connectivity index (χ2v) is 8.90. The maximum absolute atomic E-state index is 5.54. The highest BCUT2D eigenvalue weighted by molar-refractivity contribution is 9.10. The lowest BCUT2D eigenvalue weighted by atomic mass is 10.1. The van der Waals surface area contributed by atoms with Crippen LogP contribution in [0.1, 0.15) is 0 Å². The summed E-state index contributed by atoms with van der Waals surface area (Å²) in [6.07, 6.45) is 0. The Balaban J connectivity index is 1.65. The number of anilines is 2. The first kappa shape index (κ1) is 19.8. The number of hydrogen-bond donors (Lipinski definition) is 1. The van der Waals surface area contributed by atoms with Crippen molar-refractivity contribution in [3.05, 3.63) is 89.4 Å². The number of benzene rings is 4. The summed E-state index contributed by atoms with van der Waals surface area (Å²) in [7, 11) is 1.68. The highest BCUT2D eigenvalue weighted by Crippen LogP contribution is 2.38. The van der Waals surface area contributed by atoms with Crippen molar-refractivity contribution in [3.63, 3.8) is 0 Å². The number of fused-ring (bicyclic) bond motifs is 2. The van der Waals surface area contributed by atoms with Gasteiger partial charge in [0, 0.05) is 10.2 Å². The van der Waals surface area contributed by atoms with Gasteiger partial charge in [-0.3, -0.25) is 0 Å². The number of para-hydroxylation sites is 1. The predicted molar refractivity (Wildman–Crippen MR) is 132 cm³/mol. The molecule has 1 aromatic heterocycles. The molecule has 5 rings (SSSR count). The van der Waals surface area contributed by atoms with Gasteiger partial charge < -0.3 is 10.1 Å². The van der Waals surface area contributed by atoms with Crippen molar-refractivity contribution in [2.45, 2.75) is 9.92 Å². The molecule has 0 unspecified atom stereocenters. The molecule has 5 aromatic rings. The molecule has 0 atom stereocenters. The molecule has 6 heteroatoms. The van der Waals surface area contributed by atoms with E-state index in [1.165, 1.54) is 11.8 Å². The quantitative estimate of drug-likeness (QED) is 0.261. The number of methoxy groups -OCH3 is 1. The number of ether oxygens (including phenoxy) is 1. The number of halogens is 1. The van der Waals surface area contributed by atoms with Crippen LogP contribution in [0.5, 0.6) is 5.75 Å². The summed E-state index contributed by atoms with van der Waals surface area (Å²) in [6.45, 7) is 0. The maximum atomic E-state index is 5.54. The molecule has 4 aromatic carbocycles. The fourth-order valence-electron chi connectivity index (χ4n) is 3.36. The van der Waals surface area contributed by atoms with E-state index in [1.807, 2.05) is 60.7 Å². The third-order valence-corrected chi connectivity index (χ3v) is 6.45. The summed E-state index contributed by atoms with van der Waals surface area (Å²) in [4.78, 5) is 10.9. The Labute approximate surface area is 192 Å². The van der Waals surface area contributed by atoms with Crippen molar-refractivity contribution in [2.75, 3.05) is 12.4 Å². The molecule has 0 aliphatic heterocycles. The summed E-state index contributed by atoms with van der Waals surface area (Å²) in [6, 6.07) is 28.4. The summed E-state index contributed by atoms with van der Waals surface area (Å²) in [5, 5.41) is 6.52. The van der Waals surface area contributed by atoms with E-state index >= 15 is 0 Å². The Morgan fingerprint density at radius 1 is 0.806 bits per heavy atom. The van der Waals surface area contributed by atoms with Crippen LogP contribution in [0, 0.1) is 0 Å². The average molecular weight is 488 g/mol. The molecular formula is C25H18BrN3OS. The van der Waals surface area contributed by atoms with Gasteiger partial charge in [0.25, 0.3) is 0 Å². The Morgan fingerprint density at radius 3 is 2.16 bits per heavy atom. The van der Waals surface area contributed by atoms with Crippen LogP contribution in [0.15, 0.2) is 99.3 Å². The molecule has 0 spiro atoms. The normalized spacial score (nSPS) is 11.0. The van der Waals surface area contributed by atoms with Crippen LogP contribution in [0.4, 0.5) is 11.5 Å². The molecule has 0 saturated heterocycles. The number of hydrogen-bond acceptors (Lipinski definition) is 5. The topological polar surface area (TPSA) is 47.0 Å². The van der Waals surface area contributed by atoms with Gasteiger partial charge in [-0.25, -0.2) is 9.97 Å². The Kier molecular flexibility index (Phi) is 5.49. The van der Waals surface area contributed by atoms with Crippen LogP contribution in [-0.4, -0.2) is 17.1 Å². The first-order chi connectivity index (χ1) is 15.2. The fraction of sp³-hybridized carbons (Fsp3) is 0.0400. The summed E-state index contributed by atoms with van der Waals surface area (Å²) >= 11 is 5.02. The highest BCUT2D eigenvalue weighted by atomic mass is 79.9. The molecule has 0 bridgehead atoms. The van der Waals surface area contributed by atoms with Crippen molar-refractivity contribution < 1.29 is 4.74 Å². The summed E-state index contributed by atoms with van der Waals surface area (Å²) < 4.78 is 6.57. The Morgan fingerprint density at radius 2 is 1.45 bits per heavy atom. The van der Waals surface area contributed by atoms with Crippen molar-refractivity contribution in [1.82, 2.24) is 9.97 Å². The monoisotopic (exact) mass is 487 g/mol. The van der Waals surface area contributed by atoms with E-state index in [9.17, 15) is 0 Å². The molecule has 1 N–H and O–H groups in total. The van der Waals surface area contributed by atoms with Crippen LogP contribution in [0.2, 0.25) is 0 Å². The van der Waals surface area contributed by atoms with Gasteiger partial charge in [0.2, 0.25) is 0 Å². The standard InChI is InChI=1S/C25H18BrN3OS/c1-30-22-8-4-5-9-23(22)31-25-24(27-19-12-10-18(26)11-13-19)28-20-14-16-6-2-3-7-17(16)15-21(20)29-25/h2-15H,1H3,(H,27,28). The molecule has 4 nitrogen and oxygen atoms in total. The molecule has 0 amide bonds. The zero-order chi connectivity index (χ0) is 21.2. The van der Waals surface area contributed by atoms with E-state index in [-0.39, 0.29) is 0 Å². The van der Waals surface area contributed by atoms with Crippen LogP contribution < -0.4 is 10.1 Å². The van der Waals surface area contributed by atoms with Crippen LogP contribution in [-0.2, 0) is 0 Å². The summed E-state index contributed by atoms with van der Waals surface area (Å²) in [5.41, 5.74) is 2.65. The number of nitrogens with zero attached hydrogens (tertiary/aromatic N) is 2. The van der Waals surface area contributed by atoms with Crippen LogP contribution in [0.25, 0.3) is 21.8 Å². The smallest absolute Gasteiger partial charge is 0.164 e. The van der Waals surface area contributed by atoms with Crippen molar-refractivity contribution in [3.8, 4) is 5.75 Å². The van der Waals surface area contributed by atoms with Crippen molar-refractivity contribution in [1.29, 1.82) is 0 Å². The SMILES string of the molecule is COc1ccccc1Sc1nc2cc3ccccc3cc2nc1Nc1ccc(Br)cc1. The van der Waals surface area contributed by atoms with E-state index in [1.54, 1.807) is 7.11 Å². The lowest BCUT2D eigenvalue weighted by molar-refractivity contribution is 0.405. The Hall–Kier alpha value is -3.09. The largest absolute Gasteiger partial charge is 0.496 e. The first-order valence-electron chi connectivity index (χ1n) is 9.73. The third kappa shape index (κ3) is 4.22. The van der Waals surface area contributed by atoms with Crippen molar-refractivity contribution >= 4 is 61.0 Å².